The number of rotatable bonds is 4. The summed E-state index contributed by atoms with van der Waals surface area (Å²) in [6.07, 6.45) is 0.499. The normalized spacial score (nSPS) is 11.9. The molecule has 0 aliphatic heterocycles. The highest BCUT2D eigenvalue weighted by Crippen LogP contribution is 2.12. The number of hydrogen-bond acceptors (Lipinski definition) is 3. The van der Waals surface area contributed by atoms with Crippen molar-refractivity contribution in [2.24, 2.45) is 0 Å². The molecule has 1 atom stereocenters. The first-order valence-corrected chi connectivity index (χ1v) is 5.92. The summed E-state index contributed by atoms with van der Waals surface area (Å²) >= 11 is 9.45. The van der Waals surface area contributed by atoms with Crippen molar-refractivity contribution in [1.29, 1.82) is 0 Å². The van der Waals surface area contributed by atoms with Crippen LogP contribution in [0.1, 0.15) is 16.8 Å². The van der Waals surface area contributed by atoms with Crippen LogP contribution in [0.4, 0.5) is 0 Å². The molecular weight excluding hydrogens is 238 g/mol. The molecule has 0 fully saturated rings. The molecule has 0 saturated carbocycles. The molecule has 0 aliphatic rings. The van der Waals surface area contributed by atoms with E-state index >= 15 is 0 Å². The molecule has 0 aromatic heterocycles. The summed E-state index contributed by atoms with van der Waals surface area (Å²) in [6.45, 7) is 0. The molecule has 4 heteroatoms. The van der Waals surface area contributed by atoms with Crippen LogP contribution in [0.25, 0.3) is 0 Å². The Hall–Kier alpha value is -0.870. The monoisotopic (exact) mass is 253 g/mol. The number of thiol groups is 1. The highest BCUT2D eigenvalue weighted by atomic mass is 32.1. The number of hydrogen-bond donors (Lipinski definition) is 1. The van der Waals surface area contributed by atoms with Gasteiger partial charge < -0.3 is 4.90 Å². The molecule has 0 amide bonds. The topological polar surface area (TPSA) is 20.3 Å². The maximum absolute atomic E-state index is 11.9. The molecule has 1 aromatic carbocycles. The molecule has 0 heterocycles. The second-order valence-electron chi connectivity index (χ2n) is 3.74. The van der Waals surface area contributed by atoms with Crippen LogP contribution < -0.4 is 0 Å². The summed E-state index contributed by atoms with van der Waals surface area (Å²) in [6, 6.07) is 9.17. The van der Waals surface area contributed by atoms with Crippen LogP contribution in [0.2, 0.25) is 0 Å². The van der Waals surface area contributed by atoms with Gasteiger partial charge >= 0.3 is 0 Å². The van der Waals surface area contributed by atoms with E-state index in [1.807, 2.05) is 37.2 Å². The molecule has 2 nitrogen and oxygen atoms in total. The van der Waals surface area contributed by atoms with E-state index in [-0.39, 0.29) is 11.0 Å². The van der Waals surface area contributed by atoms with Gasteiger partial charge in [0.1, 0.15) is 0 Å². The Morgan fingerprint density at radius 2 is 1.94 bits per heavy atom. The third-order valence-corrected chi connectivity index (χ3v) is 3.18. The minimum absolute atomic E-state index is 0.0214. The van der Waals surface area contributed by atoms with Crippen LogP contribution in [-0.4, -0.2) is 35.0 Å². The molecule has 0 radical (unpaired) electrons. The van der Waals surface area contributed by atoms with Crippen molar-refractivity contribution in [3.63, 3.8) is 0 Å². The van der Waals surface area contributed by atoms with Crippen molar-refractivity contribution < 1.29 is 4.79 Å². The molecule has 1 aromatic rings. The number of Topliss-reactive ketones (excluding diaryl/α,β-unsaturated/α-hetero) is 1. The van der Waals surface area contributed by atoms with Crippen molar-refractivity contribution in [2.45, 2.75) is 11.7 Å². The maximum atomic E-state index is 11.9. The lowest BCUT2D eigenvalue weighted by Gasteiger charge is -2.16. The number of thiocarbonyl (C=S) groups is 1. The van der Waals surface area contributed by atoms with E-state index in [4.69, 9.17) is 12.2 Å². The minimum Gasteiger partial charge on any atom is -0.372 e. The molecule has 1 unspecified atom stereocenters. The summed E-state index contributed by atoms with van der Waals surface area (Å²) in [5.41, 5.74) is 0.684. The standard InChI is InChI=1S/C12H15NOS2/c1-13(2)11(16)8-10(15)12(14)9-6-4-3-5-7-9/h3-7,10,15H,8H2,1-2H3. The van der Waals surface area contributed by atoms with Crippen molar-refractivity contribution in [1.82, 2.24) is 4.90 Å². The third-order valence-electron chi connectivity index (χ3n) is 2.23. The highest BCUT2D eigenvalue weighted by molar-refractivity contribution is 7.82. The van der Waals surface area contributed by atoms with Gasteiger partial charge in [-0.05, 0) is 0 Å². The third kappa shape index (κ3) is 3.61. The fourth-order valence-electron chi connectivity index (χ4n) is 1.24. The van der Waals surface area contributed by atoms with E-state index in [9.17, 15) is 4.79 Å². The zero-order valence-electron chi connectivity index (χ0n) is 9.38. The van der Waals surface area contributed by atoms with E-state index < -0.39 is 0 Å². The first kappa shape index (κ1) is 13.2. The van der Waals surface area contributed by atoms with E-state index in [1.54, 1.807) is 12.1 Å². The SMILES string of the molecule is CN(C)C(=S)CC(S)C(=O)c1ccccc1. The zero-order chi connectivity index (χ0) is 12.1. The van der Waals surface area contributed by atoms with Gasteiger partial charge in [0.2, 0.25) is 0 Å². The molecule has 0 aliphatic carbocycles. The summed E-state index contributed by atoms with van der Waals surface area (Å²) in [4.78, 5) is 14.5. The van der Waals surface area contributed by atoms with Gasteiger partial charge in [0.25, 0.3) is 0 Å². The lowest BCUT2D eigenvalue weighted by atomic mass is 10.1. The Morgan fingerprint density at radius 3 is 2.44 bits per heavy atom. The van der Waals surface area contributed by atoms with Crippen molar-refractivity contribution in [3.05, 3.63) is 35.9 Å². The highest BCUT2D eigenvalue weighted by Gasteiger charge is 2.18. The smallest absolute Gasteiger partial charge is 0.175 e. The number of carbonyl (C=O) groups excluding carboxylic acids is 1. The summed E-state index contributed by atoms with van der Waals surface area (Å²) in [5.74, 6) is 0.0214. The molecule has 86 valence electrons. The van der Waals surface area contributed by atoms with Gasteiger partial charge in [-0.3, -0.25) is 4.79 Å². The summed E-state index contributed by atoms with van der Waals surface area (Å²) in [7, 11) is 3.74. The first-order valence-electron chi connectivity index (χ1n) is 5.00. The second kappa shape index (κ2) is 6.01. The number of benzene rings is 1. The van der Waals surface area contributed by atoms with Crippen molar-refractivity contribution in [3.8, 4) is 0 Å². The average molecular weight is 253 g/mol. The van der Waals surface area contributed by atoms with Gasteiger partial charge in [-0.2, -0.15) is 12.6 Å². The fraction of sp³-hybridized carbons (Fsp3) is 0.333. The molecule has 0 spiro atoms. The van der Waals surface area contributed by atoms with Gasteiger partial charge in [-0.1, -0.05) is 42.5 Å². The van der Waals surface area contributed by atoms with Gasteiger partial charge in [0, 0.05) is 26.1 Å². The number of carbonyl (C=O) groups is 1. The van der Waals surface area contributed by atoms with Crippen LogP contribution in [0.3, 0.4) is 0 Å². The Kier molecular flexibility index (Phi) is 4.96. The van der Waals surface area contributed by atoms with Crippen molar-refractivity contribution in [2.75, 3.05) is 14.1 Å². The lowest BCUT2D eigenvalue weighted by Crippen LogP contribution is -2.26. The van der Waals surface area contributed by atoms with Crippen LogP contribution in [0.15, 0.2) is 30.3 Å². The molecule has 16 heavy (non-hydrogen) atoms. The zero-order valence-corrected chi connectivity index (χ0v) is 11.1. The number of nitrogens with zero attached hydrogens (tertiary/aromatic N) is 1. The summed E-state index contributed by atoms with van der Waals surface area (Å²) < 4.78 is 0. The molecule has 0 N–H and O–H groups in total. The van der Waals surface area contributed by atoms with E-state index in [0.29, 0.717) is 12.0 Å². The van der Waals surface area contributed by atoms with Crippen LogP contribution >= 0.6 is 24.8 Å². The van der Waals surface area contributed by atoms with Gasteiger partial charge in [-0.25, -0.2) is 0 Å². The van der Waals surface area contributed by atoms with Crippen molar-refractivity contribution >= 4 is 35.6 Å². The molecule has 0 bridgehead atoms. The van der Waals surface area contributed by atoms with Gasteiger partial charge in [0.05, 0.1) is 10.2 Å². The Bertz CT molecular complexity index is 376. The van der Waals surface area contributed by atoms with E-state index in [1.165, 1.54) is 0 Å². The second-order valence-corrected chi connectivity index (χ2v) is 4.83. The quantitative estimate of drug-likeness (QED) is 0.506. The fourth-order valence-corrected chi connectivity index (χ4v) is 1.85. The van der Waals surface area contributed by atoms with Gasteiger partial charge in [-0.15, -0.1) is 0 Å². The summed E-state index contributed by atoms with van der Waals surface area (Å²) in [5, 5.41) is -0.364. The largest absolute Gasteiger partial charge is 0.372 e. The Morgan fingerprint density at radius 1 is 1.38 bits per heavy atom. The lowest BCUT2D eigenvalue weighted by molar-refractivity contribution is 0.0991. The first-order chi connectivity index (χ1) is 7.52. The van der Waals surface area contributed by atoms with Gasteiger partial charge in [0.15, 0.2) is 5.78 Å². The Balaban J connectivity index is 2.65. The number of ketones is 1. The molecule has 1 rings (SSSR count). The van der Waals surface area contributed by atoms with Crippen LogP contribution in [-0.2, 0) is 0 Å². The van der Waals surface area contributed by atoms with Crippen LogP contribution in [0, 0.1) is 0 Å². The molecule has 0 saturated heterocycles. The maximum Gasteiger partial charge on any atom is 0.175 e. The minimum atomic E-state index is -0.364. The predicted octanol–water partition coefficient (Wildman–Crippen LogP) is 2.45. The van der Waals surface area contributed by atoms with E-state index in [0.717, 1.165) is 4.99 Å². The van der Waals surface area contributed by atoms with Crippen LogP contribution in [0.5, 0.6) is 0 Å². The predicted molar refractivity (Wildman–Crippen MR) is 74.4 cm³/mol. The Labute approximate surface area is 107 Å². The van der Waals surface area contributed by atoms with E-state index in [2.05, 4.69) is 12.6 Å². The molecular formula is C12H15NOS2. The average Bonchev–Trinajstić information content (AvgIpc) is 2.28.